The van der Waals surface area contributed by atoms with Crippen molar-refractivity contribution < 1.29 is 9.13 Å². The van der Waals surface area contributed by atoms with Gasteiger partial charge >= 0.3 is 0 Å². The van der Waals surface area contributed by atoms with Gasteiger partial charge in [0, 0.05) is 25.2 Å². The maximum Gasteiger partial charge on any atom is 0.179 e. The number of nitrogens with zero attached hydrogens (tertiary/aromatic N) is 6. The lowest BCUT2D eigenvalue weighted by Gasteiger charge is -2.36. The number of fused-ring (bicyclic) bond motifs is 1. The fraction of sp³-hybridized carbons (Fsp3) is 0.500. The van der Waals surface area contributed by atoms with Gasteiger partial charge in [-0.25, -0.2) is 9.07 Å². The van der Waals surface area contributed by atoms with E-state index in [-0.39, 0.29) is 5.82 Å². The van der Waals surface area contributed by atoms with Gasteiger partial charge in [-0.05, 0) is 59.8 Å². The smallest absolute Gasteiger partial charge is 0.179 e. The van der Waals surface area contributed by atoms with Crippen LogP contribution in [-0.4, -0.2) is 64.7 Å². The lowest BCUT2D eigenvalue weighted by Crippen LogP contribution is -2.45. The molecule has 8 heteroatoms. The number of rotatable bonds is 5. The molecule has 0 N–H and O–H groups in total. The van der Waals surface area contributed by atoms with Crippen LogP contribution in [0.5, 0.6) is 5.75 Å². The summed E-state index contributed by atoms with van der Waals surface area (Å²) in [6.07, 6.45) is 2.25. The summed E-state index contributed by atoms with van der Waals surface area (Å²) in [5, 5.41) is 14.6. The summed E-state index contributed by atoms with van der Waals surface area (Å²) in [7, 11) is 4.22. The number of hydrogen-bond acceptors (Lipinski definition) is 6. The van der Waals surface area contributed by atoms with Crippen molar-refractivity contribution in [1.29, 1.82) is 0 Å². The van der Waals surface area contributed by atoms with Crippen molar-refractivity contribution in [3.05, 3.63) is 35.4 Å². The number of ether oxygens (including phenoxy) is 1. The van der Waals surface area contributed by atoms with Gasteiger partial charge in [0.15, 0.2) is 11.6 Å². The zero-order chi connectivity index (χ0) is 21.4. The van der Waals surface area contributed by atoms with Gasteiger partial charge in [-0.3, -0.25) is 0 Å². The molecular formula is C22H29FN6O. The molecule has 1 unspecified atom stereocenters. The molecule has 0 saturated carbocycles. The lowest BCUT2D eigenvalue weighted by atomic mass is 10.0. The summed E-state index contributed by atoms with van der Waals surface area (Å²) in [5.41, 5.74) is 2.81. The Morgan fingerprint density at radius 2 is 2.03 bits per heavy atom. The number of likely N-dealkylation sites (N-methyl/N-ethyl adjacent to an activating group) is 1. The van der Waals surface area contributed by atoms with Crippen LogP contribution in [0.2, 0.25) is 0 Å². The fourth-order valence-corrected chi connectivity index (χ4v) is 4.24. The first-order chi connectivity index (χ1) is 14.4. The van der Waals surface area contributed by atoms with E-state index in [2.05, 4.69) is 34.1 Å². The molecule has 1 atom stereocenters. The number of aryl methyl sites for hydroxylation is 2. The summed E-state index contributed by atoms with van der Waals surface area (Å²) in [5.74, 6) is 0.911. The van der Waals surface area contributed by atoms with Gasteiger partial charge in [-0.1, -0.05) is 0 Å². The number of aromatic nitrogens is 4. The van der Waals surface area contributed by atoms with Crippen LogP contribution in [0.3, 0.4) is 0 Å². The Morgan fingerprint density at radius 3 is 2.73 bits per heavy atom. The average molecular weight is 413 g/mol. The van der Waals surface area contributed by atoms with Crippen LogP contribution < -0.4 is 9.64 Å². The predicted octanol–water partition coefficient (Wildman–Crippen LogP) is 3.50. The molecule has 7 nitrogen and oxygen atoms in total. The van der Waals surface area contributed by atoms with E-state index in [0.717, 1.165) is 54.0 Å². The minimum absolute atomic E-state index is 0.373. The molecule has 2 aromatic heterocycles. The first-order valence-electron chi connectivity index (χ1n) is 10.5. The minimum Gasteiger partial charge on any atom is -0.494 e. The summed E-state index contributed by atoms with van der Waals surface area (Å²) in [6, 6.07) is 5.34. The second-order valence-electron chi connectivity index (χ2n) is 8.08. The highest BCUT2D eigenvalue weighted by molar-refractivity contribution is 5.92. The van der Waals surface area contributed by atoms with Gasteiger partial charge in [0.2, 0.25) is 0 Å². The minimum atomic E-state index is -0.373. The Morgan fingerprint density at radius 1 is 1.23 bits per heavy atom. The van der Waals surface area contributed by atoms with Gasteiger partial charge in [-0.2, -0.15) is 10.2 Å². The monoisotopic (exact) mass is 412 g/mol. The van der Waals surface area contributed by atoms with E-state index in [9.17, 15) is 4.39 Å². The Hall–Kier alpha value is -2.74. The van der Waals surface area contributed by atoms with Gasteiger partial charge in [0.05, 0.1) is 23.4 Å². The highest BCUT2D eigenvalue weighted by Crippen LogP contribution is 2.32. The molecule has 1 saturated heterocycles. The van der Waals surface area contributed by atoms with Crippen LogP contribution in [-0.2, 0) is 0 Å². The topological polar surface area (TPSA) is 59.3 Å². The van der Waals surface area contributed by atoms with E-state index in [4.69, 9.17) is 9.84 Å². The van der Waals surface area contributed by atoms with E-state index in [1.54, 1.807) is 16.8 Å². The zero-order valence-electron chi connectivity index (χ0n) is 18.3. The molecule has 30 heavy (non-hydrogen) atoms. The molecule has 3 aromatic rings. The van der Waals surface area contributed by atoms with Gasteiger partial charge in [0.25, 0.3) is 0 Å². The van der Waals surface area contributed by atoms with Crippen molar-refractivity contribution in [2.24, 2.45) is 0 Å². The average Bonchev–Trinajstić information content (AvgIpc) is 3.06. The van der Waals surface area contributed by atoms with E-state index < -0.39 is 0 Å². The third kappa shape index (κ3) is 3.60. The SMILES string of the molecule is CCOc1ccc(-n2nc3c(N4CCCC(N(C)C)C4)nnc(C)c3c2C)c(F)c1. The van der Waals surface area contributed by atoms with Crippen LogP contribution in [0, 0.1) is 19.7 Å². The van der Waals surface area contributed by atoms with Gasteiger partial charge < -0.3 is 14.5 Å². The number of piperidine rings is 1. The van der Waals surface area contributed by atoms with E-state index >= 15 is 0 Å². The molecule has 0 radical (unpaired) electrons. The maximum absolute atomic E-state index is 14.9. The molecule has 1 aliphatic rings. The van der Waals surface area contributed by atoms with Gasteiger partial charge in [-0.15, -0.1) is 5.10 Å². The molecule has 1 aliphatic heterocycles. The van der Waals surface area contributed by atoms with E-state index in [1.165, 1.54) is 6.07 Å². The van der Waals surface area contributed by atoms with Crippen LogP contribution in [0.4, 0.5) is 10.2 Å². The van der Waals surface area contributed by atoms with Crippen molar-refractivity contribution in [1.82, 2.24) is 24.9 Å². The molecule has 1 aromatic carbocycles. The standard InChI is InChI=1S/C22H29FN6O/c1-6-30-17-9-10-19(18(23)12-17)29-15(3)20-14(2)24-25-22(21(20)26-29)28-11-7-8-16(13-28)27(4)5/h9-10,12,16H,6-8,11,13H2,1-5H3. The molecular weight excluding hydrogens is 383 g/mol. The molecule has 0 aliphatic carbocycles. The third-order valence-electron chi connectivity index (χ3n) is 5.87. The van der Waals surface area contributed by atoms with Crippen molar-refractivity contribution in [2.75, 3.05) is 38.7 Å². The predicted molar refractivity (Wildman–Crippen MR) is 116 cm³/mol. The van der Waals surface area contributed by atoms with Crippen LogP contribution in [0.15, 0.2) is 18.2 Å². The second-order valence-corrected chi connectivity index (χ2v) is 8.08. The number of halogens is 1. The Labute approximate surface area is 176 Å². The summed E-state index contributed by atoms with van der Waals surface area (Å²) in [6.45, 7) is 8.03. The first kappa shape index (κ1) is 20.5. The highest BCUT2D eigenvalue weighted by Gasteiger charge is 2.27. The van der Waals surface area contributed by atoms with Gasteiger partial charge in [0.1, 0.15) is 17.0 Å². The Balaban J connectivity index is 1.80. The third-order valence-corrected chi connectivity index (χ3v) is 5.87. The molecule has 3 heterocycles. The highest BCUT2D eigenvalue weighted by atomic mass is 19.1. The Kier molecular flexibility index (Phi) is 5.60. The number of anilines is 1. The van der Waals surface area contributed by atoms with Crippen molar-refractivity contribution in [3.63, 3.8) is 0 Å². The van der Waals surface area contributed by atoms with E-state index in [1.807, 2.05) is 20.8 Å². The maximum atomic E-state index is 14.9. The van der Waals surface area contributed by atoms with Crippen molar-refractivity contribution in [2.45, 2.75) is 39.7 Å². The second kappa shape index (κ2) is 8.18. The fourth-order valence-electron chi connectivity index (χ4n) is 4.24. The van der Waals surface area contributed by atoms with Crippen molar-refractivity contribution >= 4 is 16.7 Å². The quantitative estimate of drug-likeness (QED) is 0.639. The molecule has 4 rings (SSSR count). The molecule has 1 fully saturated rings. The van der Waals surface area contributed by atoms with Crippen LogP contribution in [0.1, 0.15) is 31.2 Å². The Bertz CT molecular complexity index is 1060. The molecule has 160 valence electrons. The van der Waals surface area contributed by atoms with E-state index in [0.29, 0.717) is 24.1 Å². The summed E-state index contributed by atoms with van der Waals surface area (Å²) < 4.78 is 21.9. The summed E-state index contributed by atoms with van der Waals surface area (Å²) >= 11 is 0. The number of benzene rings is 1. The largest absolute Gasteiger partial charge is 0.494 e. The summed E-state index contributed by atoms with van der Waals surface area (Å²) in [4.78, 5) is 4.51. The normalized spacial score (nSPS) is 17.2. The van der Waals surface area contributed by atoms with Crippen LogP contribution >= 0.6 is 0 Å². The van der Waals surface area contributed by atoms with Crippen LogP contribution in [0.25, 0.3) is 16.6 Å². The zero-order valence-corrected chi connectivity index (χ0v) is 18.3. The number of hydrogen-bond donors (Lipinski definition) is 0. The first-order valence-corrected chi connectivity index (χ1v) is 10.5. The molecule has 0 spiro atoms. The lowest BCUT2D eigenvalue weighted by molar-refractivity contribution is 0.257. The molecule has 0 bridgehead atoms. The molecule has 0 amide bonds. The van der Waals surface area contributed by atoms with Crippen molar-refractivity contribution in [3.8, 4) is 11.4 Å².